The lowest BCUT2D eigenvalue weighted by atomic mass is 10.0. The number of carbonyl (C=O) groups excluding carboxylic acids is 1. The van der Waals surface area contributed by atoms with Crippen molar-refractivity contribution in [3.8, 4) is 6.07 Å². The van der Waals surface area contributed by atoms with Crippen molar-refractivity contribution < 1.29 is 4.79 Å². The van der Waals surface area contributed by atoms with Gasteiger partial charge in [0.25, 0.3) is 0 Å². The van der Waals surface area contributed by atoms with Crippen LogP contribution in [0.4, 0.5) is 0 Å². The van der Waals surface area contributed by atoms with E-state index in [2.05, 4.69) is 21.2 Å². The molecule has 7 nitrogen and oxygen atoms in total. The Bertz CT molecular complexity index is 820. The van der Waals surface area contributed by atoms with E-state index in [1.54, 1.807) is 0 Å². The number of carbonyl (C=O) groups is 1. The number of H-pyrrole nitrogens is 1. The Labute approximate surface area is 177 Å². The van der Waals surface area contributed by atoms with E-state index in [-0.39, 0.29) is 30.7 Å². The van der Waals surface area contributed by atoms with Gasteiger partial charge in [0.05, 0.1) is 17.3 Å². The van der Waals surface area contributed by atoms with Crippen LogP contribution in [-0.2, 0) is 11.3 Å². The number of benzene rings is 1. The number of nitrogens with one attached hydrogen (secondary N) is 1. The van der Waals surface area contributed by atoms with E-state index in [0.29, 0.717) is 18.7 Å². The minimum absolute atomic E-state index is 0. The molecule has 0 spiro atoms. The standard InChI is InChI=1S/C19H24N6O.2ClH/c1-13-17(14(2)23-22-13)18(21)19(26)25-9-7-24(8-10-25)12-16-6-4-3-5-15(16)11-20;;/h3-6,18H,7-10,12,21H2,1-2H3,(H,22,23);2*1H. The minimum atomic E-state index is -0.681. The Morgan fingerprint density at radius 2 is 1.89 bits per heavy atom. The van der Waals surface area contributed by atoms with Gasteiger partial charge >= 0.3 is 0 Å². The third-order valence-electron chi connectivity index (χ3n) is 4.98. The zero-order valence-electron chi connectivity index (χ0n) is 16.0. The first-order valence-corrected chi connectivity index (χ1v) is 8.77. The molecular formula is C19H26Cl2N6O. The van der Waals surface area contributed by atoms with E-state index in [0.717, 1.165) is 42.1 Å². The molecule has 0 radical (unpaired) electrons. The topological polar surface area (TPSA) is 102 Å². The number of aromatic nitrogens is 2. The maximum Gasteiger partial charge on any atom is 0.244 e. The third-order valence-corrected chi connectivity index (χ3v) is 4.98. The Balaban J connectivity index is 0.00000196. The smallest absolute Gasteiger partial charge is 0.244 e. The summed E-state index contributed by atoms with van der Waals surface area (Å²) >= 11 is 0. The zero-order chi connectivity index (χ0) is 18.7. The maximum atomic E-state index is 12.8. The van der Waals surface area contributed by atoms with Crippen molar-refractivity contribution in [2.45, 2.75) is 26.4 Å². The minimum Gasteiger partial charge on any atom is -0.338 e. The number of nitriles is 1. The van der Waals surface area contributed by atoms with E-state index in [4.69, 9.17) is 5.73 Å². The maximum absolute atomic E-state index is 12.8. The quantitative estimate of drug-likeness (QED) is 0.781. The van der Waals surface area contributed by atoms with Crippen LogP contribution >= 0.6 is 24.8 Å². The zero-order valence-corrected chi connectivity index (χ0v) is 17.6. The highest BCUT2D eigenvalue weighted by atomic mass is 35.5. The molecule has 1 aromatic carbocycles. The second-order valence-corrected chi connectivity index (χ2v) is 6.70. The molecule has 0 bridgehead atoms. The van der Waals surface area contributed by atoms with Crippen LogP contribution in [0.2, 0.25) is 0 Å². The Morgan fingerprint density at radius 3 is 2.46 bits per heavy atom. The largest absolute Gasteiger partial charge is 0.338 e. The van der Waals surface area contributed by atoms with Crippen LogP contribution in [0.5, 0.6) is 0 Å². The summed E-state index contributed by atoms with van der Waals surface area (Å²) in [4.78, 5) is 16.9. The highest BCUT2D eigenvalue weighted by Crippen LogP contribution is 2.21. The molecule has 9 heteroatoms. The van der Waals surface area contributed by atoms with Gasteiger partial charge in [0.2, 0.25) is 5.91 Å². The molecule has 3 N–H and O–H groups in total. The fourth-order valence-electron chi connectivity index (χ4n) is 3.47. The Kier molecular flexibility index (Phi) is 8.92. The van der Waals surface area contributed by atoms with E-state index < -0.39 is 6.04 Å². The molecule has 1 aliphatic rings. The van der Waals surface area contributed by atoms with Crippen LogP contribution in [-0.4, -0.2) is 52.1 Å². The van der Waals surface area contributed by atoms with E-state index in [1.165, 1.54) is 0 Å². The number of nitrogens with zero attached hydrogens (tertiary/aromatic N) is 4. The monoisotopic (exact) mass is 424 g/mol. The average Bonchev–Trinajstić information content (AvgIpc) is 3.00. The normalized spacial score (nSPS) is 15.1. The van der Waals surface area contributed by atoms with Crippen LogP contribution < -0.4 is 5.73 Å². The molecule has 1 unspecified atom stereocenters. The van der Waals surface area contributed by atoms with Crippen molar-refractivity contribution in [2.24, 2.45) is 5.73 Å². The van der Waals surface area contributed by atoms with Gasteiger partial charge in [-0.1, -0.05) is 18.2 Å². The van der Waals surface area contributed by atoms with Crippen LogP contribution in [0, 0.1) is 25.2 Å². The molecule has 2 aromatic rings. The second-order valence-electron chi connectivity index (χ2n) is 6.70. The number of nitrogens with two attached hydrogens (primary N) is 1. The van der Waals surface area contributed by atoms with Crippen LogP contribution in [0.1, 0.15) is 34.1 Å². The first kappa shape index (κ1) is 23.9. The van der Waals surface area contributed by atoms with Gasteiger partial charge in [0, 0.05) is 44.0 Å². The average molecular weight is 425 g/mol. The predicted molar refractivity (Wildman–Crippen MR) is 113 cm³/mol. The first-order valence-electron chi connectivity index (χ1n) is 8.77. The van der Waals surface area contributed by atoms with Gasteiger partial charge in [-0.25, -0.2) is 0 Å². The molecule has 28 heavy (non-hydrogen) atoms. The van der Waals surface area contributed by atoms with Gasteiger partial charge in [-0.05, 0) is 25.5 Å². The summed E-state index contributed by atoms with van der Waals surface area (Å²) in [6, 6.07) is 9.20. The van der Waals surface area contributed by atoms with E-state index >= 15 is 0 Å². The molecule has 1 atom stereocenters. The number of rotatable bonds is 4. The van der Waals surface area contributed by atoms with Crippen molar-refractivity contribution in [1.29, 1.82) is 5.26 Å². The fraction of sp³-hybridized carbons (Fsp3) is 0.421. The highest BCUT2D eigenvalue weighted by Gasteiger charge is 2.29. The lowest BCUT2D eigenvalue weighted by Gasteiger charge is -2.36. The second kappa shape index (κ2) is 10.4. The molecule has 0 aliphatic carbocycles. The van der Waals surface area contributed by atoms with Crippen LogP contribution in [0.25, 0.3) is 0 Å². The van der Waals surface area contributed by atoms with Gasteiger partial charge in [-0.2, -0.15) is 10.4 Å². The van der Waals surface area contributed by atoms with Crippen molar-refractivity contribution >= 4 is 30.7 Å². The number of hydrogen-bond donors (Lipinski definition) is 2. The molecule has 3 rings (SSSR count). The molecule has 1 aromatic heterocycles. The molecule has 1 amide bonds. The molecule has 1 saturated heterocycles. The number of hydrogen-bond acceptors (Lipinski definition) is 5. The lowest BCUT2D eigenvalue weighted by Crippen LogP contribution is -2.50. The SMILES string of the molecule is Cc1n[nH]c(C)c1C(N)C(=O)N1CCN(Cc2ccccc2C#N)CC1.Cl.Cl. The van der Waals surface area contributed by atoms with Crippen LogP contribution in [0.15, 0.2) is 24.3 Å². The highest BCUT2D eigenvalue weighted by molar-refractivity contribution is 5.85. The third kappa shape index (κ3) is 5.03. The van der Waals surface area contributed by atoms with Crippen molar-refractivity contribution in [1.82, 2.24) is 20.0 Å². The summed E-state index contributed by atoms with van der Waals surface area (Å²) in [6.07, 6.45) is 0. The summed E-state index contributed by atoms with van der Waals surface area (Å²) in [6.45, 7) is 7.26. The Hall–Kier alpha value is -2.11. The number of aryl methyl sites for hydroxylation is 2. The van der Waals surface area contributed by atoms with Crippen molar-refractivity contribution in [3.05, 3.63) is 52.3 Å². The molecular weight excluding hydrogens is 399 g/mol. The summed E-state index contributed by atoms with van der Waals surface area (Å²) in [7, 11) is 0. The summed E-state index contributed by atoms with van der Waals surface area (Å²) in [5, 5.41) is 16.2. The predicted octanol–water partition coefficient (Wildman–Crippen LogP) is 2.09. The molecule has 152 valence electrons. The summed E-state index contributed by atoms with van der Waals surface area (Å²) in [5.74, 6) is -0.0605. The molecule has 1 aliphatic heterocycles. The van der Waals surface area contributed by atoms with Crippen LogP contribution in [0.3, 0.4) is 0 Å². The lowest BCUT2D eigenvalue weighted by molar-refractivity contribution is -0.134. The number of aromatic amines is 1. The first-order chi connectivity index (χ1) is 12.5. The number of piperazine rings is 1. The summed E-state index contributed by atoms with van der Waals surface area (Å²) in [5.41, 5.74) is 10.4. The van der Waals surface area contributed by atoms with Gasteiger partial charge in [-0.3, -0.25) is 14.8 Å². The Morgan fingerprint density at radius 1 is 1.25 bits per heavy atom. The molecule has 0 saturated carbocycles. The van der Waals surface area contributed by atoms with Gasteiger partial charge in [-0.15, -0.1) is 24.8 Å². The van der Waals surface area contributed by atoms with Crippen molar-refractivity contribution in [2.75, 3.05) is 26.2 Å². The van der Waals surface area contributed by atoms with E-state index in [9.17, 15) is 10.1 Å². The molecule has 1 fully saturated rings. The van der Waals surface area contributed by atoms with E-state index in [1.807, 2.05) is 43.0 Å². The van der Waals surface area contributed by atoms with Gasteiger partial charge in [0.1, 0.15) is 6.04 Å². The number of amides is 1. The fourth-order valence-corrected chi connectivity index (χ4v) is 3.47. The van der Waals surface area contributed by atoms with Gasteiger partial charge < -0.3 is 10.6 Å². The summed E-state index contributed by atoms with van der Waals surface area (Å²) < 4.78 is 0. The number of halogens is 2. The van der Waals surface area contributed by atoms with Gasteiger partial charge in [0.15, 0.2) is 0 Å². The molecule has 2 heterocycles. The van der Waals surface area contributed by atoms with Crippen molar-refractivity contribution in [3.63, 3.8) is 0 Å².